The summed E-state index contributed by atoms with van der Waals surface area (Å²) < 4.78 is 5.25. The first-order valence-electron chi connectivity index (χ1n) is 13.2. The van der Waals surface area contributed by atoms with Crippen molar-refractivity contribution in [2.24, 2.45) is 17.6 Å². The second-order valence-corrected chi connectivity index (χ2v) is 11.4. The number of likely N-dealkylation sites (tertiary alicyclic amines) is 1. The second kappa shape index (κ2) is 12.5. The minimum absolute atomic E-state index is 0.0274. The number of halogens is 2. The summed E-state index contributed by atoms with van der Waals surface area (Å²) in [6, 6.07) is 12.8. The molecule has 2 aromatic carbocycles. The van der Waals surface area contributed by atoms with E-state index in [2.05, 4.69) is 0 Å². The van der Waals surface area contributed by atoms with Gasteiger partial charge >= 0.3 is 0 Å². The van der Waals surface area contributed by atoms with Crippen LogP contribution in [0.4, 0.5) is 0 Å². The number of hydrogen-bond acceptors (Lipinski definition) is 5. The van der Waals surface area contributed by atoms with Crippen LogP contribution in [0.1, 0.15) is 50.5 Å². The zero-order valence-corrected chi connectivity index (χ0v) is 22.9. The molecule has 5 atom stereocenters. The monoisotopic (exact) mass is 548 g/mol. The third-order valence-electron chi connectivity index (χ3n) is 8.08. The molecule has 37 heavy (non-hydrogen) atoms. The molecule has 2 aliphatic rings. The van der Waals surface area contributed by atoms with E-state index in [-0.39, 0.29) is 23.8 Å². The first-order valence-corrected chi connectivity index (χ1v) is 14.0. The van der Waals surface area contributed by atoms with Crippen LogP contribution in [0.25, 0.3) is 11.1 Å². The maximum Gasteiger partial charge on any atom is 0.225 e. The molecule has 1 saturated heterocycles. The van der Waals surface area contributed by atoms with Gasteiger partial charge in [-0.3, -0.25) is 4.79 Å². The van der Waals surface area contributed by atoms with Crippen molar-refractivity contribution in [3.05, 3.63) is 58.1 Å². The summed E-state index contributed by atoms with van der Waals surface area (Å²) in [7, 11) is 1.68. The van der Waals surface area contributed by atoms with Crippen molar-refractivity contribution < 1.29 is 19.7 Å². The van der Waals surface area contributed by atoms with E-state index < -0.39 is 11.7 Å². The maximum atomic E-state index is 13.4. The number of benzene rings is 2. The van der Waals surface area contributed by atoms with E-state index in [4.69, 9.17) is 33.7 Å². The number of ether oxygens (including phenoxy) is 1. The van der Waals surface area contributed by atoms with E-state index in [1.165, 1.54) is 0 Å². The minimum Gasteiger partial charge on any atom is -0.391 e. The van der Waals surface area contributed by atoms with Crippen LogP contribution in [0.3, 0.4) is 0 Å². The number of hydrogen-bond donors (Lipinski definition) is 3. The molecule has 8 heteroatoms. The number of nitrogens with zero attached hydrogens (tertiary/aromatic N) is 1. The predicted octanol–water partition coefficient (Wildman–Crippen LogP) is 5.00. The minimum atomic E-state index is -1.21. The van der Waals surface area contributed by atoms with E-state index in [1.807, 2.05) is 47.4 Å². The van der Waals surface area contributed by atoms with E-state index in [9.17, 15) is 15.0 Å². The normalized spacial score (nSPS) is 25.7. The highest BCUT2D eigenvalue weighted by atomic mass is 35.5. The number of piperidine rings is 1. The Morgan fingerprint density at radius 3 is 2.68 bits per heavy atom. The van der Waals surface area contributed by atoms with Crippen LogP contribution in [-0.4, -0.2) is 60.0 Å². The number of aliphatic hydroxyl groups is 2. The summed E-state index contributed by atoms with van der Waals surface area (Å²) in [6.45, 7) is 1.71. The maximum absolute atomic E-state index is 13.4. The van der Waals surface area contributed by atoms with Crippen LogP contribution in [-0.2, 0) is 15.1 Å². The molecular weight excluding hydrogens is 511 g/mol. The summed E-state index contributed by atoms with van der Waals surface area (Å²) >= 11 is 13.1. The Morgan fingerprint density at radius 2 is 1.97 bits per heavy atom. The molecule has 1 saturated carbocycles. The lowest BCUT2D eigenvalue weighted by Crippen LogP contribution is -2.49. The molecule has 1 amide bonds. The lowest BCUT2D eigenvalue weighted by Gasteiger charge is -2.44. The van der Waals surface area contributed by atoms with Gasteiger partial charge in [0.05, 0.1) is 11.7 Å². The smallest absolute Gasteiger partial charge is 0.225 e. The second-order valence-electron chi connectivity index (χ2n) is 10.6. The number of aliphatic hydroxyl groups excluding tert-OH is 1. The van der Waals surface area contributed by atoms with Crippen LogP contribution < -0.4 is 5.73 Å². The lowest BCUT2D eigenvalue weighted by molar-refractivity contribution is -0.141. The highest BCUT2D eigenvalue weighted by Gasteiger charge is 2.44. The fourth-order valence-electron chi connectivity index (χ4n) is 6.10. The van der Waals surface area contributed by atoms with Gasteiger partial charge in [0, 0.05) is 60.3 Å². The molecule has 1 aliphatic heterocycles. The van der Waals surface area contributed by atoms with Crippen molar-refractivity contribution in [1.29, 1.82) is 0 Å². The van der Waals surface area contributed by atoms with Crippen LogP contribution in [0.15, 0.2) is 42.5 Å². The SMILES string of the molecule is COCCCC[C@@](O)(c1cccc(Cl)c1-c1cccc(Cl)c1)[C@@H]1CCCN(C(=O)[C@H]2C[C@@H](N)[C@@H](O)C2)C1. The van der Waals surface area contributed by atoms with Crippen molar-refractivity contribution in [3.63, 3.8) is 0 Å². The van der Waals surface area contributed by atoms with Crippen molar-refractivity contribution in [3.8, 4) is 11.1 Å². The number of methoxy groups -OCH3 is 1. The van der Waals surface area contributed by atoms with Gasteiger partial charge in [0.1, 0.15) is 0 Å². The van der Waals surface area contributed by atoms with Gasteiger partial charge in [-0.2, -0.15) is 0 Å². The van der Waals surface area contributed by atoms with Gasteiger partial charge in [-0.15, -0.1) is 0 Å². The first kappa shape index (κ1) is 28.3. The summed E-state index contributed by atoms with van der Waals surface area (Å²) in [5, 5.41) is 23.8. The quantitative estimate of drug-likeness (QED) is 0.383. The Labute approximate surface area is 229 Å². The molecule has 1 aliphatic carbocycles. The molecular formula is C29H38Cl2N2O4. The Hall–Kier alpha value is -1.67. The Kier molecular flexibility index (Phi) is 9.54. The van der Waals surface area contributed by atoms with E-state index in [0.717, 1.165) is 42.4 Å². The molecule has 0 radical (unpaired) electrons. The van der Waals surface area contributed by atoms with Gasteiger partial charge in [-0.25, -0.2) is 0 Å². The average Bonchev–Trinajstić information content (AvgIpc) is 3.23. The van der Waals surface area contributed by atoms with Crippen molar-refractivity contribution in [2.45, 2.75) is 62.7 Å². The largest absolute Gasteiger partial charge is 0.391 e. The van der Waals surface area contributed by atoms with Crippen LogP contribution in [0.5, 0.6) is 0 Å². The molecule has 202 valence electrons. The summed E-state index contributed by atoms with van der Waals surface area (Å²) in [4.78, 5) is 15.3. The number of amides is 1. The number of carbonyl (C=O) groups is 1. The molecule has 2 aromatic rings. The van der Waals surface area contributed by atoms with E-state index in [0.29, 0.717) is 49.0 Å². The number of carbonyl (C=O) groups excluding carboxylic acids is 1. The summed E-state index contributed by atoms with van der Waals surface area (Å²) in [5.41, 5.74) is 7.17. The topological polar surface area (TPSA) is 96.0 Å². The molecule has 0 bridgehead atoms. The molecule has 0 spiro atoms. The lowest BCUT2D eigenvalue weighted by atomic mass is 9.72. The zero-order valence-electron chi connectivity index (χ0n) is 21.4. The van der Waals surface area contributed by atoms with Crippen molar-refractivity contribution in [1.82, 2.24) is 4.90 Å². The summed E-state index contributed by atoms with van der Waals surface area (Å²) in [6.07, 6.45) is 3.94. The molecule has 4 N–H and O–H groups in total. The fourth-order valence-corrected chi connectivity index (χ4v) is 6.57. The predicted molar refractivity (Wildman–Crippen MR) is 148 cm³/mol. The number of rotatable bonds is 9. The molecule has 2 fully saturated rings. The van der Waals surface area contributed by atoms with Crippen LogP contribution >= 0.6 is 23.2 Å². The first-order chi connectivity index (χ1) is 17.7. The zero-order chi connectivity index (χ0) is 26.6. The molecule has 1 heterocycles. The highest BCUT2D eigenvalue weighted by molar-refractivity contribution is 6.34. The van der Waals surface area contributed by atoms with Gasteiger partial charge < -0.3 is 25.6 Å². The van der Waals surface area contributed by atoms with Gasteiger partial charge in [0.15, 0.2) is 0 Å². The average molecular weight is 550 g/mol. The van der Waals surface area contributed by atoms with Gasteiger partial charge in [0.2, 0.25) is 5.91 Å². The van der Waals surface area contributed by atoms with Crippen molar-refractivity contribution >= 4 is 29.1 Å². The molecule has 0 unspecified atom stereocenters. The molecule has 0 aromatic heterocycles. The molecule has 6 nitrogen and oxygen atoms in total. The third-order valence-corrected chi connectivity index (χ3v) is 8.63. The summed E-state index contributed by atoms with van der Waals surface area (Å²) in [5.74, 6) is -0.421. The van der Waals surface area contributed by atoms with E-state index in [1.54, 1.807) is 7.11 Å². The van der Waals surface area contributed by atoms with Gasteiger partial charge in [0.25, 0.3) is 0 Å². The van der Waals surface area contributed by atoms with Crippen molar-refractivity contribution in [2.75, 3.05) is 26.8 Å². The van der Waals surface area contributed by atoms with Gasteiger partial charge in [-0.1, -0.05) is 47.5 Å². The number of unbranched alkanes of at least 4 members (excludes halogenated alkanes) is 1. The fraction of sp³-hybridized carbons (Fsp3) is 0.552. The third kappa shape index (κ3) is 6.32. The number of nitrogens with two attached hydrogens (primary N) is 1. The highest BCUT2D eigenvalue weighted by Crippen LogP contribution is 2.46. The van der Waals surface area contributed by atoms with E-state index >= 15 is 0 Å². The van der Waals surface area contributed by atoms with Crippen LogP contribution in [0.2, 0.25) is 10.0 Å². The van der Waals surface area contributed by atoms with Crippen LogP contribution in [0, 0.1) is 11.8 Å². The Morgan fingerprint density at radius 1 is 1.19 bits per heavy atom. The Balaban J connectivity index is 1.68. The Bertz CT molecular complexity index is 1070. The molecule has 4 rings (SSSR count). The van der Waals surface area contributed by atoms with Gasteiger partial charge in [-0.05, 0) is 74.3 Å². The standard InChI is InChI=1S/C29H38Cl2N2O4/c1-37-14-3-2-12-29(36,23-10-5-11-24(31)27(23)19-7-4-9-22(30)15-19)21-8-6-13-33(18-21)28(35)20-16-25(32)26(34)17-20/h4-5,7,9-11,15,20-21,25-26,34,36H,2-3,6,8,12-14,16-18,32H2,1H3/t20-,21+,25+,26-,29-/m0/s1.